The Labute approximate surface area is 148 Å². The number of hydrogen-bond acceptors (Lipinski definition) is 3. The van der Waals surface area contributed by atoms with Gasteiger partial charge in [-0.2, -0.15) is 26.3 Å². The summed E-state index contributed by atoms with van der Waals surface area (Å²) in [5.74, 6) is -0.138. The Bertz CT molecular complexity index is 980. The van der Waals surface area contributed by atoms with Crippen LogP contribution in [0.15, 0.2) is 48.5 Å². The minimum Gasteiger partial charge on any atom is -0.508 e. The van der Waals surface area contributed by atoms with Crippen molar-refractivity contribution in [1.29, 1.82) is 0 Å². The van der Waals surface area contributed by atoms with E-state index in [1.54, 1.807) is 0 Å². The molecule has 2 aromatic carbocycles. The maximum atomic E-state index is 13.2. The minimum absolute atomic E-state index is 0.103. The molecule has 1 aromatic heterocycles. The highest BCUT2D eigenvalue weighted by atomic mass is 19.4. The zero-order valence-electron chi connectivity index (χ0n) is 13.3. The van der Waals surface area contributed by atoms with Crippen molar-refractivity contribution in [3.05, 3.63) is 70.9 Å². The molecule has 3 nitrogen and oxygen atoms in total. The Hall–Kier alpha value is -2.81. The molecule has 0 saturated carbocycles. The molecule has 9 heteroatoms. The second-order valence-corrected chi connectivity index (χ2v) is 5.79. The number of aliphatic hydroxyl groups is 1. The molecule has 2 N–H and O–H groups in total. The number of phenolic OH excluding ortho intramolecular Hbond substituents is 1. The normalized spacial score (nSPS) is 13.7. The molecule has 0 spiro atoms. The monoisotopic (exact) mass is 387 g/mol. The first kappa shape index (κ1) is 19.0. The number of aliphatic hydroxyl groups excluding tert-OH is 1. The van der Waals surface area contributed by atoms with Gasteiger partial charge in [0.2, 0.25) is 0 Å². The van der Waals surface area contributed by atoms with E-state index in [0.717, 1.165) is 12.1 Å². The number of nitrogens with zero attached hydrogens (tertiary/aromatic N) is 1. The molecule has 0 aliphatic carbocycles. The zero-order valence-corrected chi connectivity index (χ0v) is 13.3. The second-order valence-electron chi connectivity index (χ2n) is 5.79. The van der Waals surface area contributed by atoms with Crippen molar-refractivity contribution >= 4 is 10.9 Å². The zero-order chi connectivity index (χ0) is 20.0. The summed E-state index contributed by atoms with van der Waals surface area (Å²) >= 11 is 0. The molecule has 0 fully saturated rings. The Kier molecular flexibility index (Phi) is 4.51. The van der Waals surface area contributed by atoms with E-state index in [1.165, 1.54) is 24.3 Å². The third-order valence-electron chi connectivity index (χ3n) is 3.97. The summed E-state index contributed by atoms with van der Waals surface area (Å²) in [6.07, 6.45) is -11.6. The van der Waals surface area contributed by atoms with Gasteiger partial charge in [0, 0.05) is 5.39 Å². The number of phenols is 1. The average Bonchev–Trinajstić information content (AvgIpc) is 2.58. The molecule has 0 saturated heterocycles. The molecule has 0 bridgehead atoms. The van der Waals surface area contributed by atoms with Crippen LogP contribution in [0.1, 0.15) is 28.5 Å². The number of aromatic hydroxyl groups is 1. The molecule has 3 rings (SSSR count). The summed E-state index contributed by atoms with van der Waals surface area (Å²) in [5.41, 5.74) is -4.03. The molecule has 27 heavy (non-hydrogen) atoms. The number of fused-ring (bicyclic) bond motifs is 1. The third kappa shape index (κ3) is 3.68. The molecular formula is C18H11F6NO2. The quantitative estimate of drug-likeness (QED) is 0.605. The van der Waals surface area contributed by atoms with E-state index in [-0.39, 0.29) is 22.3 Å². The van der Waals surface area contributed by atoms with Gasteiger partial charge in [-0.15, -0.1) is 0 Å². The summed E-state index contributed by atoms with van der Waals surface area (Å²) < 4.78 is 79.3. The number of alkyl halides is 6. The SMILES string of the molecule is Oc1ccc(C(O)c2cc(C(F)(F)F)nc3c(C(F)(F)F)cccc23)cc1. The van der Waals surface area contributed by atoms with E-state index >= 15 is 0 Å². The van der Waals surface area contributed by atoms with Crippen LogP contribution in [-0.2, 0) is 12.4 Å². The van der Waals surface area contributed by atoms with Gasteiger partial charge in [0.05, 0.1) is 11.1 Å². The molecule has 1 heterocycles. The lowest BCUT2D eigenvalue weighted by Gasteiger charge is -2.19. The highest BCUT2D eigenvalue weighted by Crippen LogP contribution is 2.40. The number of halogens is 6. The first-order valence-electron chi connectivity index (χ1n) is 7.53. The molecule has 3 aromatic rings. The van der Waals surface area contributed by atoms with Gasteiger partial charge in [0.25, 0.3) is 0 Å². The lowest BCUT2D eigenvalue weighted by atomic mass is 9.95. The third-order valence-corrected chi connectivity index (χ3v) is 3.97. The van der Waals surface area contributed by atoms with E-state index in [9.17, 15) is 36.6 Å². The van der Waals surface area contributed by atoms with E-state index < -0.39 is 35.2 Å². The van der Waals surface area contributed by atoms with Gasteiger partial charge in [-0.3, -0.25) is 0 Å². The van der Waals surface area contributed by atoms with E-state index in [0.29, 0.717) is 12.1 Å². The number of hydrogen-bond donors (Lipinski definition) is 2. The summed E-state index contributed by atoms with van der Waals surface area (Å²) in [7, 11) is 0. The number of benzene rings is 2. The Balaban J connectivity index is 2.32. The molecule has 0 radical (unpaired) electrons. The van der Waals surface area contributed by atoms with Crippen molar-refractivity contribution in [3.8, 4) is 5.75 Å². The molecule has 0 aliphatic heterocycles. The topological polar surface area (TPSA) is 53.4 Å². The number of pyridine rings is 1. The van der Waals surface area contributed by atoms with Crippen molar-refractivity contribution in [2.45, 2.75) is 18.5 Å². The van der Waals surface area contributed by atoms with Crippen LogP contribution >= 0.6 is 0 Å². The summed E-state index contributed by atoms with van der Waals surface area (Å²) in [6.45, 7) is 0. The Morgan fingerprint density at radius 2 is 1.48 bits per heavy atom. The standard InChI is InChI=1S/C18H11F6NO2/c19-17(20,21)13-3-1-2-11-12(8-14(18(22,23)24)25-15(11)13)16(27)9-4-6-10(26)7-5-9/h1-8,16,26-27H. The maximum Gasteiger partial charge on any atom is 0.433 e. The van der Waals surface area contributed by atoms with Crippen LogP contribution in [0.25, 0.3) is 10.9 Å². The van der Waals surface area contributed by atoms with Crippen LogP contribution < -0.4 is 0 Å². The first-order chi connectivity index (χ1) is 12.5. The van der Waals surface area contributed by atoms with E-state index in [4.69, 9.17) is 0 Å². The summed E-state index contributed by atoms with van der Waals surface area (Å²) in [4.78, 5) is 3.17. The number of aromatic nitrogens is 1. The molecule has 1 unspecified atom stereocenters. The largest absolute Gasteiger partial charge is 0.508 e. The van der Waals surface area contributed by atoms with E-state index in [2.05, 4.69) is 4.98 Å². The fourth-order valence-electron chi connectivity index (χ4n) is 2.71. The van der Waals surface area contributed by atoms with Gasteiger partial charge >= 0.3 is 12.4 Å². The second kappa shape index (κ2) is 6.41. The highest BCUT2D eigenvalue weighted by molar-refractivity contribution is 5.86. The van der Waals surface area contributed by atoms with Crippen molar-refractivity contribution in [1.82, 2.24) is 4.98 Å². The molecule has 0 amide bonds. The first-order valence-corrected chi connectivity index (χ1v) is 7.53. The maximum absolute atomic E-state index is 13.2. The predicted molar refractivity (Wildman–Crippen MR) is 83.9 cm³/mol. The van der Waals surface area contributed by atoms with Crippen LogP contribution in [0.3, 0.4) is 0 Å². The van der Waals surface area contributed by atoms with Crippen LogP contribution in [0.5, 0.6) is 5.75 Å². The van der Waals surface area contributed by atoms with Crippen molar-refractivity contribution < 1.29 is 36.6 Å². The fraction of sp³-hybridized carbons (Fsp3) is 0.167. The van der Waals surface area contributed by atoms with Gasteiger partial charge < -0.3 is 10.2 Å². The van der Waals surface area contributed by atoms with Crippen LogP contribution in [0.4, 0.5) is 26.3 Å². The highest BCUT2D eigenvalue weighted by Gasteiger charge is 2.38. The van der Waals surface area contributed by atoms with Gasteiger partial charge in [-0.1, -0.05) is 24.3 Å². The van der Waals surface area contributed by atoms with Gasteiger partial charge in [-0.25, -0.2) is 4.98 Å². The van der Waals surface area contributed by atoms with Gasteiger partial charge in [-0.05, 0) is 35.4 Å². The van der Waals surface area contributed by atoms with Crippen LogP contribution in [0.2, 0.25) is 0 Å². The van der Waals surface area contributed by atoms with Crippen molar-refractivity contribution in [2.75, 3.05) is 0 Å². The molecular weight excluding hydrogens is 376 g/mol. The molecule has 142 valence electrons. The number of rotatable bonds is 2. The average molecular weight is 387 g/mol. The lowest BCUT2D eigenvalue weighted by molar-refractivity contribution is -0.142. The Morgan fingerprint density at radius 3 is 2.04 bits per heavy atom. The summed E-state index contributed by atoms with van der Waals surface area (Å²) in [5, 5.41) is 19.5. The van der Waals surface area contributed by atoms with Gasteiger partial charge in [0.15, 0.2) is 0 Å². The summed E-state index contributed by atoms with van der Waals surface area (Å²) in [6, 6.07) is 8.28. The molecule has 0 aliphatic rings. The van der Waals surface area contributed by atoms with Crippen LogP contribution in [0, 0.1) is 0 Å². The lowest BCUT2D eigenvalue weighted by Crippen LogP contribution is -2.14. The smallest absolute Gasteiger partial charge is 0.433 e. The number of para-hydroxylation sites is 1. The fourth-order valence-corrected chi connectivity index (χ4v) is 2.71. The Morgan fingerprint density at radius 1 is 0.852 bits per heavy atom. The van der Waals surface area contributed by atoms with Crippen LogP contribution in [-0.4, -0.2) is 15.2 Å². The predicted octanol–water partition coefficient (Wildman–Crippen LogP) is 5.06. The van der Waals surface area contributed by atoms with Crippen molar-refractivity contribution in [2.24, 2.45) is 0 Å². The van der Waals surface area contributed by atoms with Crippen molar-refractivity contribution in [3.63, 3.8) is 0 Å². The van der Waals surface area contributed by atoms with Gasteiger partial charge in [0.1, 0.15) is 17.5 Å². The van der Waals surface area contributed by atoms with E-state index in [1.807, 2.05) is 0 Å². The molecule has 1 atom stereocenters. The minimum atomic E-state index is -5.00.